The quantitative estimate of drug-likeness (QED) is 0.197. The molecule has 16 nitrogen and oxygen atoms in total. The third-order valence-electron chi connectivity index (χ3n) is 7.11. The first-order chi connectivity index (χ1) is 23.1. The summed E-state index contributed by atoms with van der Waals surface area (Å²) in [5.74, 6) is -6.52. The highest BCUT2D eigenvalue weighted by molar-refractivity contribution is 6.00. The normalized spacial score (nSPS) is 17.2. The van der Waals surface area contributed by atoms with E-state index in [9.17, 15) is 41.9 Å². The number of esters is 2. The van der Waals surface area contributed by atoms with Crippen LogP contribution in [0.1, 0.15) is 23.2 Å². The SMILES string of the molecule is N[C@@H](C(=O)OCN1C(=O)CN(CCN2CC(=O)N(COC(=O)[C@H](N)c3ccccc3)C(=O)C2)CC1=O)c1ccccc1.O=C(O)C(F)(F)F. The Labute approximate surface area is 276 Å². The number of carboxylic acids is 1. The standard InChI is InChI=1S/C28H32N6O8.C2HF3O2/c29-25(19-7-3-1-4-8-19)27(39)41-17-33-21(35)13-31(14-22(33)36)11-12-32-15-23(37)34(24(38)16-32)18-42-28(40)26(30)20-9-5-2-6-10-20;3-2(4,5)1(6)7/h1-10,25-26H,11-18,29-30H2;(H,6,7)/t25-,26-;/m1./s1. The van der Waals surface area contributed by atoms with Crippen molar-refractivity contribution in [3.63, 3.8) is 0 Å². The van der Waals surface area contributed by atoms with Gasteiger partial charge in [0.15, 0.2) is 13.5 Å². The number of carbonyl (C=O) groups excluding carboxylic acids is 6. The molecule has 19 heteroatoms. The lowest BCUT2D eigenvalue weighted by molar-refractivity contribution is -0.192. The number of nitrogens with zero attached hydrogens (tertiary/aromatic N) is 4. The largest absolute Gasteiger partial charge is 0.490 e. The second-order valence-electron chi connectivity index (χ2n) is 10.6. The van der Waals surface area contributed by atoms with Crippen LogP contribution in [0.15, 0.2) is 60.7 Å². The second-order valence-corrected chi connectivity index (χ2v) is 10.6. The molecule has 2 aromatic carbocycles. The van der Waals surface area contributed by atoms with Crippen LogP contribution in [0, 0.1) is 0 Å². The minimum absolute atomic E-state index is 0.118. The number of halogens is 3. The van der Waals surface area contributed by atoms with Crippen LogP contribution in [-0.4, -0.2) is 125 Å². The third-order valence-corrected chi connectivity index (χ3v) is 7.11. The fourth-order valence-corrected chi connectivity index (χ4v) is 4.41. The third kappa shape index (κ3) is 11.2. The van der Waals surface area contributed by atoms with E-state index >= 15 is 0 Å². The Kier molecular flexibility index (Phi) is 13.4. The summed E-state index contributed by atoms with van der Waals surface area (Å²) in [6.07, 6.45) is -5.08. The van der Waals surface area contributed by atoms with Crippen molar-refractivity contribution >= 4 is 41.5 Å². The number of nitrogens with two attached hydrogens (primary N) is 2. The van der Waals surface area contributed by atoms with E-state index in [0.717, 1.165) is 9.80 Å². The molecule has 2 aromatic rings. The summed E-state index contributed by atoms with van der Waals surface area (Å²) in [5, 5.41) is 7.12. The summed E-state index contributed by atoms with van der Waals surface area (Å²) < 4.78 is 42.0. The van der Waals surface area contributed by atoms with E-state index in [4.69, 9.17) is 30.8 Å². The Bertz CT molecular complexity index is 1390. The van der Waals surface area contributed by atoms with E-state index in [1.807, 2.05) is 0 Å². The number of amides is 4. The van der Waals surface area contributed by atoms with Crippen LogP contribution < -0.4 is 11.5 Å². The number of aliphatic carboxylic acids is 1. The highest BCUT2D eigenvalue weighted by Gasteiger charge is 2.38. The van der Waals surface area contributed by atoms with Gasteiger partial charge in [-0.25, -0.2) is 24.2 Å². The van der Waals surface area contributed by atoms with Gasteiger partial charge >= 0.3 is 24.1 Å². The molecule has 2 aliphatic rings. The van der Waals surface area contributed by atoms with Crippen molar-refractivity contribution in [2.45, 2.75) is 18.3 Å². The molecule has 0 aliphatic carbocycles. The smallest absolute Gasteiger partial charge is 0.475 e. The van der Waals surface area contributed by atoms with Crippen LogP contribution in [0.4, 0.5) is 13.2 Å². The van der Waals surface area contributed by atoms with Crippen LogP contribution in [0.5, 0.6) is 0 Å². The van der Waals surface area contributed by atoms with Crippen LogP contribution in [0.25, 0.3) is 0 Å². The minimum atomic E-state index is -5.08. The molecule has 49 heavy (non-hydrogen) atoms. The number of carbonyl (C=O) groups is 7. The number of hydrogen-bond acceptors (Lipinski definition) is 13. The predicted octanol–water partition coefficient (Wildman–Crippen LogP) is -0.637. The first-order valence-electron chi connectivity index (χ1n) is 14.4. The van der Waals surface area contributed by atoms with Crippen LogP contribution in [0.3, 0.4) is 0 Å². The molecular weight excluding hydrogens is 661 g/mol. The molecule has 0 spiro atoms. The van der Waals surface area contributed by atoms with Gasteiger partial charge in [0.2, 0.25) is 23.6 Å². The van der Waals surface area contributed by atoms with Gasteiger partial charge in [0.25, 0.3) is 0 Å². The number of benzene rings is 2. The topological polar surface area (TPSA) is 223 Å². The molecule has 4 rings (SSSR count). The highest BCUT2D eigenvalue weighted by Crippen LogP contribution is 2.15. The van der Waals surface area contributed by atoms with Gasteiger partial charge in [0.1, 0.15) is 12.1 Å². The molecule has 2 saturated heterocycles. The zero-order chi connectivity index (χ0) is 36.3. The molecule has 0 saturated carbocycles. The average molecular weight is 695 g/mol. The molecule has 2 atom stereocenters. The Morgan fingerprint density at radius 2 is 0.939 bits per heavy atom. The monoisotopic (exact) mass is 694 g/mol. The Balaban J connectivity index is 0.000000838. The maximum atomic E-state index is 12.6. The molecule has 2 heterocycles. The molecule has 0 radical (unpaired) electrons. The molecule has 4 amide bonds. The first kappa shape index (κ1) is 38.2. The van der Waals surface area contributed by atoms with Gasteiger partial charge in [-0.3, -0.25) is 29.0 Å². The summed E-state index contributed by atoms with van der Waals surface area (Å²) in [5.41, 5.74) is 12.9. The molecule has 0 bridgehead atoms. The molecule has 5 N–H and O–H groups in total. The van der Waals surface area contributed by atoms with Crippen molar-refractivity contribution in [3.8, 4) is 0 Å². The van der Waals surface area contributed by atoms with E-state index in [2.05, 4.69) is 0 Å². The van der Waals surface area contributed by atoms with Crippen molar-refractivity contribution in [3.05, 3.63) is 71.8 Å². The van der Waals surface area contributed by atoms with Gasteiger partial charge in [-0.2, -0.15) is 13.2 Å². The van der Waals surface area contributed by atoms with Gasteiger partial charge < -0.3 is 26.0 Å². The maximum Gasteiger partial charge on any atom is 0.490 e. The molecule has 2 fully saturated rings. The van der Waals surface area contributed by atoms with Crippen molar-refractivity contribution < 1.29 is 61.3 Å². The van der Waals surface area contributed by atoms with Crippen molar-refractivity contribution in [2.75, 3.05) is 52.7 Å². The Morgan fingerprint density at radius 1 is 0.653 bits per heavy atom. The fraction of sp³-hybridized carbons (Fsp3) is 0.367. The van der Waals surface area contributed by atoms with Crippen LogP contribution >= 0.6 is 0 Å². The summed E-state index contributed by atoms with van der Waals surface area (Å²) in [4.78, 5) is 88.7. The number of ether oxygens (including phenoxy) is 2. The molecule has 264 valence electrons. The van der Waals surface area contributed by atoms with E-state index in [0.29, 0.717) is 11.1 Å². The minimum Gasteiger partial charge on any atom is -0.475 e. The van der Waals surface area contributed by atoms with Gasteiger partial charge in [-0.15, -0.1) is 0 Å². The summed E-state index contributed by atoms with van der Waals surface area (Å²) in [6, 6.07) is 15.0. The lowest BCUT2D eigenvalue weighted by Gasteiger charge is -2.35. The first-order valence-corrected chi connectivity index (χ1v) is 14.4. The summed E-state index contributed by atoms with van der Waals surface area (Å²) in [6.45, 7) is -1.10. The van der Waals surface area contributed by atoms with Gasteiger partial charge in [0, 0.05) is 13.1 Å². The van der Waals surface area contributed by atoms with Gasteiger partial charge in [0.05, 0.1) is 26.2 Å². The molecule has 0 aromatic heterocycles. The zero-order valence-corrected chi connectivity index (χ0v) is 25.8. The van der Waals surface area contributed by atoms with Gasteiger partial charge in [-0.05, 0) is 11.1 Å². The van der Waals surface area contributed by atoms with Crippen molar-refractivity contribution in [1.82, 2.24) is 19.6 Å². The lowest BCUT2D eigenvalue weighted by atomic mass is 10.1. The second kappa shape index (κ2) is 17.2. The van der Waals surface area contributed by atoms with E-state index < -0.39 is 73.3 Å². The molecular formula is C30H33F3N6O10. The Hall–Kier alpha value is -5.24. The van der Waals surface area contributed by atoms with E-state index in [1.165, 1.54) is 0 Å². The summed E-state index contributed by atoms with van der Waals surface area (Å²) >= 11 is 0. The summed E-state index contributed by atoms with van der Waals surface area (Å²) in [7, 11) is 0. The van der Waals surface area contributed by atoms with E-state index in [1.54, 1.807) is 70.5 Å². The number of alkyl halides is 3. The maximum absolute atomic E-state index is 12.6. The van der Waals surface area contributed by atoms with Crippen LogP contribution in [-0.2, 0) is 43.0 Å². The number of carboxylic acid groups (broad SMARTS) is 1. The highest BCUT2D eigenvalue weighted by atomic mass is 19.4. The lowest BCUT2D eigenvalue weighted by Crippen LogP contribution is -2.58. The van der Waals surface area contributed by atoms with Crippen LogP contribution in [0.2, 0.25) is 0 Å². The fourth-order valence-electron chi connectivity index (χ4n) is 4.41. The number of rotatable bonds is 11. The zero-order valence-electron chi connectivity index (χ0n) is 25.8. The number of piperazine rings is 2. The van der Waals surface area contributed by atoms with Crippen molar-refractivity contribution in [1.29, 1.82) is 0 Å². The average Bonchev–Trinajstić information content (AvgIpc) is 3.06. The Morgan fingerprint density at radius 3 is 1.20 bits per heavy atom. The number of hydrogen-bond donors (Lipinski definition) is 3. The number of imide groups is 2. The molecule has 0 unspecified atom stereocenters. The van der Waals surface area contributed by atoms with Crippen molar-refractivity contribution in [2.24, 2.45) is 11.5 Å². The van der Waals surface area contributed by atoms with E-state index in [-0.39, 0.29) is 39.3 Å². The predicted molar refractivity (Wildman–Crippen MR) is 159 cm³/mol. The molecule has 2 aliphatic heterocycles. The van der Waals surface area contributed by atoms with Gasteiger partial charge in [-0.1, -0.05) is 60.7 Å².